The van der Waals surface area contributed by atoms with Crippen LogP contribution in [-0.2, 0) is 17.4 Å². The largest absolute Gasteiger partial charge is 0.340 e. The third-order valence-corrected chi connectivity index (χ3v) is 6.72. The van der Waals surface area contributed by atoms with E-state index in [4.69, 9.17) is 0 Å². The van der Waals surface area contributed by atoms with Crippen LogP contribution in [0, 0.1) is 0 Å². The first kappa shape index (κ1) is 21.9. The number of aryl methyl sites for hydroxylation is 1. The third kappa shape index (κ3) is 3.96. The number of carbonyl (C=O) groups excluding carboxylic acids is 1. The highest BCUT2D eigenvalue weighted by molar-refractivity contribution is 6.38. The van der Waals surface area contributed by atoms with Gasteiger partial charge in [0.2, 0.25) is 5.84 Å². The topological polar surface area (TPSA) is 82.8 Å². The molecule has 1 N–H and O–H groups in total. The number of rotatable bonds is 6. The van der Waals surface area contributed by atoms with Crippen LogP contribution < -0.4 is 10.9 Å². The van der Waals surface area contributed by atoms with E-state index >= 15 is 0 Å². The summed E-state index contributed by atoms with van der Waals surface area (Å²) in [6.07, 6.45) is 4.82. The van der Waals surface area contributed by atoms with Crippen LogP contribution in [0.1, 0.15) is 36.9 Å². The number of hydrogen-bond donors (Lipinski definition) is 1. The molecule has 1 aliphatic heterocycles. The highest BCUT2D eigenvalue weighted by Gasteiger charge is 2.47. The van der Waals surface area contributed by atoms with Crippen molar-refractivity contribution in [3.8, 4) is 11.1 Å². The van der Waals surface area contributed by atoms with Crippen molar-refractivity contribution in [1.29, 1.82) is 0 Å². The average Bonchev–Trinajstić information content (AvgIpc) is 3.53. The van der Waals surface area contributed by atoms with E-state index in [0.29, 0.717) is 18.1 Å². The van der Waals surface area contributed by atoms with Crippen LogP contribution in [0.5, 0.6) is 0 Å². The third-order valence-electron chi connectivity index (χ3n) is 6.72. The number of aromatic nitrogens is 2. The van der Waals surface area contributed by atoms with E-state index in [1.54, 1.807) is 13.2 Å². The second kappa shape index (κ2) is 8.44. The molecule has 0 unspecified atom stereocenters. The Labute approximate surface area is 198 Å². The van der Waals surface area contributed by atoms with Crippen molar-refractivity contribution in [3.05, 3.63) is 88.6 Å². The first-order valence-corrected chi connectivity index (χ1v) is 11.4. The summed E-state index contributed by atoms with van der Waals surface area (Å²) in [5.74, 6) is 0.248. The summed E-state index contributed by atoms with van der Waals surface area (Å²) in [6, 6.07) is 18.0. The van der Waals surface area contributed by atoms with Crippen LogP contribution in [0.4, 0.5) is 0 Å². The van der Waals surface area contributed by atoms with Crippen LogP contribution in [0.3, 0.4) is 0 Å². The molecule has 0 radical (unpaired) electrons. The number of hydrogen-bond acceptors (Lipinski definition) is 6. The van der Waals surface area contributed by atoms with Crippen molar-refractivity contribution in [2.75, 3.05) is 13.7 Å². The van der Waals surface area contributed by atoms with Gasteiger partial charge in [0.15, 0.2) is 0 Å². The zero-order valence-electron chi connectivity index (χ0n) is 19.6. The number of carbonyl (C=O) groups is 1. The molecule has 5 rings (SSSR count). The van der Waals surface area contributed by atoms with Gasteiger partial charge in [0.1, 0.15) is 6.67 Å². The van der Waals surface area contributed by atoms with Gasteiger partial charge in [-0.1, -0.05) is 54.6 Å². The summed E-state index contributed by atoms with van der Waals surface area (Å²) < 4.78 is 1.46. The van der Waals surface area contributed by atoms with Gasteiger partial charge in [0, 0.05) is 20.3 Å². The van der Waals surface area contributed by atoms with E-state index in [1.807, 2.05) is 59.4 Å². The number of hydrazone groups is 1. The van der Waals surface area contributed by atoms with Crippen molar-refractivity contribution in [2.45, 2.75) is 31.3 Å². The molecule has 34 heavy (non-hydrogen) atoms. The molecule has 0 bridgehead atoms. The molecule has 1 aromatic heterocycles. The highest BCUT2D eigenvalue weighted by atomic mass is 16.2. The fourth-order valence-electron chi connectivity index (χ4n) is 4.40. The van der Waals surface area contributed by atoms with Gasteiger partial charge in [-0.3, -0.25) is 14.6 Å². The number of amidine groups is 1. The Morgan fingerprint density at radius 1 is 1.06 bits per heavy atom. The molecule has 2 aromatic carbocycles. The van der Waals surface area contributed by atoms with E-state index < -0.39 is 5.54 Å². The molecule has 1 atom stereocenters. The lowest BCUT2D eigenvalue weighted by molar-refractivity contribution is -0.116. The maximum absolute atomic E-state index is 13.2. The minimum atomic E-state index is -0.392. The van der Waals surface area contributed by atoms with Gasteiger partial charge < -0.3 is 14.8 Å². The Bertz CT molecular complexity index is 1290. The van der Waals surface area contributed by atoms with Gasteiger partial charge in [0.25, 0.3) is 11.5 Å². The fraction of sp³-hybridized carbons (Fsp3) is 0.308. The Kier molecular flexibility index (Phi) is 5.43. The molecule has 8 heteroatoms. The lowest BCUT2D eigenvalue weighted by Gasteiger charge is -2.23. The van der Waals surface area contributed by atoms with Gasteiger partial charge in [-0.2, -0.15) is 5.10 Å². The first-order chi connectivity index (χ1) is 16.4. The summed E-state index contributed by atoms with van der Waals surface area (Å²) in [5, 5.41) is 9.80. The standard InChI is InChI=1S/C26H28N6O2/c1-18(19-7-5-4-6-8-19)32-17-31(3)23(29-32)24(33)28-26(13-14-26)21-11-9-20(10-12-21)22-15-27-16-30(2)25(22)34/h4-12,15-16,18H,13-14,17H2,1-3H3,(H,28,33)/t18-/m0/s1. The Balaban J connectivity index is 1.32. The summed E-state index contributed by atoms with van der Waals surface area (Å²) in [5.41, 5.74) is 3.07. The molecule has 0 spiro atoms. The quantitative estimate of drug-likeness (QED) is 0.617. The summed E-state index contributed by atoms with van der Waals surface area (Å²) in [4.78, 5) is 31.6. The van der Waals surface area contributed by atoms with E-state index in [1.165, 1.54) is 10.9 Å². The minimum Gasteiger partial charge on any atom is -0.340 e. The lowest BCUT2D eigenvalue weighted by Crippen LogP contribution is -2.44. The monoisotopic (exact) mass is 456 g/mol. The van der Waals surface area contributed by atoms with Gasteiger partial charge in [0.05, 0.1) is 23.5 Å². The van der Waals surface area contributed by atoms with Crippen LogP contribution >= 0.6 is 0 Å². The number of nitrogens with one attached hydrogen (secondary N) is 1. The Hall–Kier alpha value is -3.94. The van der Waals surface area contributed by atoms with E-state index in [-0.39, 0.29) is 17.5 Å². The molecule has 8 nitrogen and oxygen atoms in total. The zero-order chi connectivity index (χ0) is 23.9. The van der Waals surface area contributed by atoms with Crippen LogP contribution in [0.25, 0.3) is 11.1 Å². The predicted octanol–water partition coefficient (Wildman–Crippen LogP) is 2.83. The maximum atomic E-state index is 13.2. The van der Waals surface area contributed by atoms with Gasteiger partial charge in [-0.25, -0.2) is 4.98 Å². The van der Waals surface area contributed by atoms with Crippen LogP contribution in [0.15, 0.2) is 77.0 Å². The highest BCUT2D eigenvalue weighted by Crippen LogP contribution is 2.45. The van der Waals surface area contributed by atoms with E-state index in [9.17, 15) is 9.59 Å². The van der Waals surface area contributed by atoms with E-state index in [0.717, 1.165) is 29.5 Å². The molecule has 1 aliphatic carbocycles. The zero-order valence-corrected chi connectivity index (χ0v) is 19.6. The SMILES string of the molecule is C[C@@H](c1ccccc1)N1CN(C)C(C(=O)NC2(c3ccc(-c4cncn(C)c4=O)cc3)CC2)=N1. The smallest absolute Gasteiger partial charge is 0.289 e. The molecule has 3 aromatic rings. The van der Waals surface area contributed by atoms with Gasteiger partial charge in [-0.15, -0.1) is 0 Å². The average molecular weight is 457 g/mol. The number of nitrogens with zero attached hydrogens (tertiary/aromatic N) is 5. The Morgan fingerprint density at radius 2 is 1.76 bits per heavy atom. The van der Waals surface area contributed by atoms with Crippen molar-refractivity contribution >= 4 is 11.7 Å². The molecule has 1 fully saturated rings. The van der Waals surface area contributed by atoms with Crippen molar-refractivity contribution in [3.63, 3.8) is 0 Å². The normalized spacial score (nSPS) is 17.3. The number of likely N-dealkylation sites (N-methyl/N-ethyl adjacent to an activating group) is 1. The Morgan fingerprint density at radius 3 is 2.44 bits per heavy atom. The van der Waals surface area contributed by atoms with Crippen molar-refractivity contribution in [2.24, 2.45) is 12.1 Å². The molecule has 1 amide bonds. The maximum Gasteiger partial charge on any atom is 0.289 e. The molecule has 174 valence electrons. The predicted molar refractivity (Wildman–Crippen MR) is 131 cm³/mol. The number of benzene rings is 2. The summed E-state index contributed by atoms with van der Waals surface area (Å²) >= 11 is 0. The molecular weight excluding hydrogens is 428 g/mol. The van der Waals surface area contributed by atoms with Crippen molar-refractivity contribution < 1.29 is 4.79 Å². The van der Waals surface area contributed by atoms with Crippen LogP contribution in [-0.4, -0.2) is 44.9 Å². The van der Waals surface area contributed by atoms with Gasteiger partial charge in [-0.05, 0) is 36.5 Å². The molecule has 0 saturated heterocycles. The second-order valence-electron chi connectivity index (χ2n) is 9.13. The van der Waals surface area contributed by atoms with E-state index in [2.05, 4.69) is 34.5 Å². The fourth-order valence-corrected chi connectivity index (χ4v) is 4.40. The molecular formula is C26H28N6O2. The van der Waals surface area contributed by atoms with Crippen molar-refractivity contribution in [1.82, 2.24) is 24.8 Å². The minimum absolute atomic E-state index is 0.0663. The van der Waals surface area contributed by atoms with Crippen LogP contribution in [0.2, 0.25) is 0 Å². The summed E-state index contributed by atoms with van der Waals surface area (Å²) in [6.45, 7) is 2.65. The summed E-state index contributed by atoms with van der Waals surface area (Å²) in [7, 11) is 3.57. The second-order valence-corrected chi connectivity index (χ2v) is 9.13. The number of amides is 1. The molecule has 1 saturated carbocycles. The lowest BCUT2D eigenvalue weighted by atomic mass is 10.0. The molecule has 2 heterocycles. The first-order valence-electron chi connectivity index (χ1n) is 11.4. The van der Waals surface area contributed by atoms with Gasteiger partial charge >= 0.3 is 0 Å². The molecule has 2 aliphatic rings.